The van der Waals surface area contributed by atoms with E-state index in [0.717, 1.165) is 0 Å². The lowest BCUT2D eigenvalue weighted by molar-refractivity contribution is 0.473. The Labute approximate surface area is 71.3 Å². The molecule has 0 aliphatic heterocycles. The minimum atomic E-state index is -4.05. The summed E-state index contributed by atoms with van der Waals surface area (Å²) in [5, 5.41) is 0. The van der Waals surface area contributed by atoms with E-state index in [1.807, 2.05) is 0 Å². The van der Waals surface area contributed by atoms with E-state index in [2.05, 4.69) is 12.6 Å². The molecule has 0 saturated heterocycles. The summed E-state index contributed by atoms with van der Waals surface area (Å²) in [5.41, 5.74) is 10.3. The van der Waals surface area contributed by atoms with Gasteiger partial charge in [-0.15, -0.1) is 0 Å². The fourth-order valence-corrected chi connectivity index (χ4v) is 1.07. The van der Waals surface area contributed by atoms with E-state index in [9.17, 15) is 8.42 Å². The summed E-state index contributed by atoms with van der Waals surface area (Å²) in [4.78, 5) is 0. The molecule has 0 bridgehead atoms. The molecule has 0 spiro atoms. The maximum absolute atomic E-state index is 10.3. The molecule has 0 radical (unpaired) electrons. The van der Waals surface area contributed by atoms with Gasteiger partial charge in [0.05, 0.1) is 6.17 Å². The van der Waals surface area contributed by atoms with Gasteiger partial charge in [0.15, 0.2) is 0 Å². The normalized spacial score (nSPS) is 15.4. The first-order valence-corrected chi connectivity index (χ1v) is 5.01. The van der Waals surface area contributed by atoms with E-state index in [4.69, 9.17) is 16.0 Å². The highest BCUT2D eigenvalue weighted by Gasteiger charge is 2.17. The molecule has 0 rings (SSSR count). The van der Waals surface area contributed by atoms with E-state index in [-0.39, 0.29) is 6.42 Å². The molecule has 5 nitrogen and oxygen atoms in total. The smallest absolute Gasteiger partial charge is 0.276 e. The summed E-state index contributed by atoms with van der Waals surface area (Å²) in [6.07, 6.45) is -0.0977. The Kier molecular flexibility index (Phi) is 4.34. The van der Waals surface area contributed by atoms with Crippen molar-refractivity contribution in [3.05, 3.63) is 0 Å². The molecular weight excluding hydrogens is 188 g/mol. The Morgan fingerprint density at radius 2 is 1.82 bits per heavy atom. The summed E-state index contributed by atoms with van der Waals surface area (Å²) in [7, 11) is -4.05. The summed E-state index contributed by atoms with van der Waals surface area (Å²) in [6, 6.07) is 0. The molecule has 0 amide bonds. The second-order valence-corrected chi connectivity index (χ2v) is 4.78. The number of thiol groups is 1. The average molecular weight is 200 g/mol. The maximum Gasteiger partial charge on any atom is 0.276 e. The Hall–Kier alpha value is 0.180. The molecule has 0 aromatic heterocycles. The monoisotopic (exact) mass is 200 g/mol. The van der Waals surface area contributed by atoms with E-state index < -0.39 is 20.9 Å². The zero-order valence-electron chi connectivity index (χ0n) is 5.84. The van der Waals surface area contributed by atoms with Crippen LogP contribution in [0.1, 0.15) is 12.8 Å². The predicted octanol–water partition coefficient (Wildman–Crippen LogP) is -0.846. The van der Waals surface area contributed by atoms with Crippen LogP contribution < -0.4 is 11.5 Å². The van der Waals surface area contributed by atoms with Crippen molar-refractivity contribution in [1.82, 2.24) is 0 Å². The summed E-state index contributed by atoms with van der Waals surface area (Å²) < 4.78 is 28.0. The van der Waals surface area contributed by atoms with Gasteiger partial charge in [-0.3, -0.25) is 4.55 Å². The Morgan fingerprint density at radius 1 is 1.36 bits per heavy atom. The first kappa shape index (κ1) is 11.2. The standard InChI is InChI=1S/C4H12N2O3S2/c5-3(6)1-2-4(10)11(7,8)9/h3-4,10H,1-2,5-6H2,(H,7,8,9). The predicted molar refractivity (Wildman–Crippen MR) is 45.7 cm³/mol. The van der Waals surface area contributed by atoms with E-state index in [1.54, 1.807) is 0 Å². The molecule has 0 saturated carbocycles. The largest absolute Gasteiger partial charge is 0.316 e. The van der Waals surface area contributed by atoms with Crippen LogP contribution in [0.25, 0.3) is 0 Å². The first-order valence-electron chi connectivity index (χ1n) is 2.99. The van der Waals surface area contributed by atoms with Crippen molar-refractivity contribution in [3.63, 3.8) is 0 Å². The summed E-state index contributed by atoms with van der Waals surface area (Å²) in [5.74, 6) is 0. The zero-order valence-corrected chi connectivity index (χ0v) is 7.55. The molecule has 11 heavy (non-hydrogen) atoms. The second-order valence-electron chi connectivity index (χ2n) is 2.21. The van der Waals surface area contributed by atoms with Crippen LogP contribution in [0.15, 0.2) is 0 Å². The number of nitrogens with two attached hydrogens (primary N) is 2. The van der Waals surface area contributed by atoms with Crippen molar-refractivity contribution in [2.24, 2.45) is 11.5 Å². The van der Waals surface area contributed by atoms with Gasteiger partial charge in [0.1, 0.15) is 4.58 Å². The van der Waals surface area contributed by atoms with Crippen molar-refractivity contribution in [3.8, 4) is 0 Å². The highest BCUT2D eigenvalue weighted by Crippen LogP contribution is 2.10. The molecular formula is C4H12N2O3S2. The molecule has 0 aromatic rings. The molecule has 1 unspecified atom stereocenters. The molecule has 1 atom stereocenters. The van der Waals surface area contributed by atoms with Crippen LogP contribution in [0.4, 0.5) is 0 Å². The molecule has 5 N–H and O–H groups in total. The Morgan fingerprint density at radius 3 is 2.09 bits per heavy atom. The molecule has 7 heteroatoms. The van der Waals surface area contributed by atoms with Crippen LogP contribution in [0.5, 0.6) is 0 Å². The molecule has 68 valence electrons. The van der Waals surface area contributed by atoms with Gasteiger partial charge in [0.2, 0.25) is 0 Å². The maximum atomic E-state index is 10.3. The van der Waals surface area contributed by atoms with Crippen LogP contribution in [-0.2, 0) is 10.1 Å². The second kappa shape index (κ2) is 4.27. The first-order chi connectivity index (χ1) is 4.84. The summed E-state index contributed by atoms with van der Waals surface area (Å²) >= 11 is 3.64. The number of rotatable bonds is 4. The number of hydrogen-bond acceptors (Lipinski definition) is 5. The van der Waals surface area contributed by atoms with Gasteiger partial charge in [-0.1, -0.05) is 0 Å². The summed E-state index contributed by atoms with van der Waals surface area (Å²) in [6.45, 7) is 0. The van der Waals surface area contributed by atoms with Crippen LogP contribution in [0.3, 0.4) is 0 Å². The SMILES string of the molecule is NC(N)CCC(S)S(=O)(=O)O. The quantitative estimate of drug-likeness (QED) is 0.269. The third kappa shape index (κ3) is 5.45. The van der Waals surface area contributed by atoms with Gasteiger partial charge in [-0.2, -0.15) is 21.0 Å². The van der Waals surface area contributed by atoms with Crippen molar-refractivity contribution in [2.75, 3.05) is 0 Å². The minimum Gasteiger partial charge on any atom is -0.316 e. The fourth-order valence-electron chi connectivity index (χ4n) is 0.484. The lowest BCUT2D eigenvalue weighted by Gasteiger charge is -2.08. The number of hydrogen-bond donors (Lipinski definition) is 4. The van der Waals surface area contributed by atoms with Crippen molar-refractivity contribution >= 4 is 22.7 Å². The van der Waals surface area contributed by atoms with Crippen molar-refractivity contribution in [2.45, 2.75) is 23.6 Å². The highest BCUT2D eigenvalue weighted by molar-refractivity contribution is 8.01. The lowest BCUT2D eigenvalue weighted by atomic mass is 10.3. The van der Waals surface area contributed by atoms with E-state index in [0.29, 0.717) is 6.42 Å². The Bertz CT molecular complexity index is 201. The van der Waals surface area contributed by atoms with Crippen LogP contribution >= 0.6 is 12.6 Å². The molecule has 0 aliphatic rings. The van der Waals surface area contributed by atoms with E-state index >= 15 is 0 Å². The molecule has 0 aliphatic carbocycles. The minimum absolute atomic E-state index is 0.152. The molecule has 0 fully saturated rings. The van der Waals surface area contributed by atoms with Gasteiger partial charge in [-0.05, 0) is 12.8 Å². The highest BCUT2D eigenvalue weighted by atomic mass is 32.3. The van der Waals surface area contributed by atoms with Gasteiger partial charge in [0, 0.05) is 0 Å². The van der Waals surface area contributed by atoms with Gasteiger partial charge in [-0.25, -0.2) is 0 Å². The van der Waals surface area contributed by atoms with Crippen LogP contribution in [-0.4, -0.2) is 23.7 Å². The van der Waals surface area contributed by atoms with Gasteiger partial charge < -0.3 is 11.5 Å². The van der Waals surface area contributed by atoms with Crippen LogP contribution in [0, 0.1) is 0 Å². The zero-order chi connectivity index (χ0) is 9.07. The van der Waals surface area contributed by atoms with Gasteiger partial charge in [0.25, 0.3) is 10.1 Å². The van der Waals surface area contributed by atoms with Crippen molar-refractivity contribution < 1.29 is 13.0 Å². The molecule has 0 aromatic carbocycles. The average Bonchev–Trinajstić information content (AvgIpc) is 1.80. The molecule has 0 heterocycles. The Balaban J connectivity index is 3.81. The third-order valence-electron chi connectivity index (χ3n) is 1.09. The van der Waals surface area contributed by atoms with Crippen molar-refractivity contribution in [1.29, 1.82) is 0 Å². The lowest BCUT2D eigenvalue weighted by Crippen LogP contribution is -2.31. The topological polar surface area (TPSA) is 106 Å². The third-order valence-corrected chi connectivity index (χ3v) is 3.07. The van der Waals surface area contributed by atoms with Crippen LogP contribution in [0.2, 0.25) is 0 Å². The fraction of sp³-hybridized carbons (Fsp3) is 1.00. The van der Waals surface area contributed by atoms with Gasteiger partial charge >= 0.3 is 0 Å². The van der Waals surface area contributed by atoms with E-state index in [1.165, 1.54) is 0 Å².